The molecule has 3 aromatic carbocycles. The van der Waals surface area contributed by atoms with Gasteiger partial charge in [-0.2, -0.15) is 0 Å². The first-order valence-corrected chi connectivity index (χ1v) is 11.1. The van der Waals surface area contributed by atoms with Crippen molar-refractivity contribution in [3.63, 3.8) is 0 Å². The van der Waals surface area contributed by atoms with E-state index in [1.54, 1.807) is 6.92 Å². The predicted octanol–water partition coefficient (Wildman–Crippen LogP) is 5.54. The summed E-state index contributed by atoms with van der Waals surface area (Å²) in [6.07, 6.45) is 1.91. The lowest BCUT2D eigenvalue weighted by atomic mass is 9.71. The van der Waals surface area contributed by atoms with Crippen LogP contribution in [0, 0.1) is 0 Å². The Labute approximate surface area is 167 Å². The fourth-order valence-corrected chi connectivity index (χ4v) is 7.57. The highest BCUT2D eigenvalue weighted by Crippen LogP contribution is 2.65. The third-order valence-electron chi connectivity index (χ3n) is 5.66. The molecule has 28 heavy (non-hydrogen) atoms. The third kappa shape index (κ3) is 3.08. The van der Waals surface area contributed by atoms with Gasteiger partial charge >= 0.3 is 5.97 Å². The topological polar surface area (TPSA) is 37.3 Å². The molecular formula is C25H23O2P. The maximum Gasteiger partial charge on any atom is 0.331 e. The van der Waals surface area contributed by atoms with Gasteiger partial charge in [0.15, 0.2) is 0 Å². The summed E-state index contributed by atoms with van der Waals surface area (Å²) in [5.41, 5.74) is 2.45. The summed E-state index contributed by atoms with van der Waals surface area (Å²) in [5.74, 6) is -0.823. The van der Waals surface area contributed by atoms with E-state index in [-0.39, 0.29) is 0 Å². The highest BCUT2D eigenvalue weighted by molar-refractivity contribution is 7.70. The van der Waals surface area contributed by atoms with Crippen LogP contribution in [0.4, 0.5) is 0 Å². The second-order valence-electron chi connectivity index (χ2n) is 7.15. The Hall–Kier alpha value is -2.70. The van der Waals surface area contributed by atoms with E-state index in [0.29, 0.717) is 5.57 Å². The van der Waals surface area contributed by atoms with Crippen molar-refractivity contribution in [2.24, 2.45) is 0 Å². The molecule has 0 amide bonds. The molecule has 0 aromatic heterocycles. The molecule has 0 bridgehead atoms. The molecular weight excluding hydrogens is 363 g/mol. The van der Waals surface area contributed by atoms with Crippen LogP contribution in [-0.2, 0) is 10.2 Å². The summed E-state index contributed by atoms with van der Waals surface area (Å²) >= 11 is 0. The van der Waals surface area contributed by atoms with E-state index in [9.17, 15) is 9.90 Å². The van der Waals surface area contributed by atoms with E-state index in [2.05, 4.69) is 72.8 Å². The van der Waals surface area contributed by atoms with Crippen molar-refractivity contribution in [2.75, 3.05) is 6.16 Å². The first-order valence-electron chi connectivity index (χ1n) is 9.53. The minimum absolute atomic E-state index is 0.396. The van der Waals surface area contributed by atoms with Gasteiger partial charge in [-0.25, -0.2) is 4.79 Å². The second kappa shape index (κ2) is 7.73. The minimum atomic E-state index is -0.823. The van der Waals surface area contributed by atoms with E-state index < -0.39 is 19.3 Å². The van der Waals surface area contributed by atoms with E-state index in [1.807, 2.05) is 18.2 Å². The monoisotopic (exact) mass is 386 g/mol. The Morgan fingerprint density at radius 2 is 1.29 bits per heavy atom. The van der Waals surface area contributed by atoms with Gasteiger partial charge in [0, 0.05) is 11.0 Å². The lowest BCUT2D eigenvalue weighted by Gasteiger charge is -2.35. The highest BCUT2D eigenvalue weighted by Gasteiger charge is 2.48. The van der Waals surface area contributed by atoms with Crippen LogP contribution >= 0.6 is 7.92 Å². The summed E-state index contributed by atoms with van der Waals surface area (Å²) in [6.45, 7) is 1.78. The smallest absolute Gasteiger partial charge is 0.331 e. The van der Waals surface area contributed by atoms with Gasteiger partial charge in [0.2, 0.25) is 0 Å². The molecule has 1 heterocycles. The average Bonchev–Trinajstić information content (AvgIpc) is 3.16. The SMILES string of the molecule is CC(C(=O)O)=C1P(c2ccccc2)CCC1(c1ccccc1)c1ccccc1. The van der Waals surface area contributed by atoms with Gasteiger partial charge in [-0.1, -0.05) is 91.0 Å². The predicted molar refractivity (Wildman–Crippen MR) is 116 cm³/mol. The van der Waals surface area contributed by atoms with Crippen molar-refractivity contribution >= 4 is 19.2 Å². The molecule has 2 nitrogen and oxygen atoms in total. The molecule has 140 valence electrons. The second-order valence-corrected chi connectivity index (χ2v) is 9.42. The van der Waals surface area contributed by atoms with Gasteiger partial charge in [-0.3, -0.25) is 0 Å². The van der Waals surface area contributed by atoms with E-state index in [1.165, 1.54) is 16.4 Å². The number of hydrogen-bond acceptors (Lipinski definition) is 1. The summed E-state index contributed by atoms with van der Waals surface area (Å²) < 4.78 is 0. The highest BCUT2D eigenvalue weighted by atomic mass is 31.1. The number of aliphatic carboxylic acids is 1. The van der Waals surface area contributed by atoms with Crippen molar-refractivity contribution in [3.05, 3.63) is 113 Å². The van der Waals surface area contributed by atoms with Crippen LogP contribution in [0.5, 0.6) is 0 Å². The van der Waals surface area contributed by atoms with Gasteiger partial charge in [0.05, 0.1) is 0 Å². The molecule has 0 aliphatic carbocycles. The van der Waals surface area contributed by atoms with Gasteiger partial charge in [0.1, 0.15) is 0 Å². The van der Waals surface area contributed by atoms with Crippen molar-refractivity contribution in [1.29, 1.82) is 0 Å². The van der Waals surface area contributed by atoms with Crippen molar-refractivity contribution in [1.82, 2.24) is 0 Å². The quantitative estimate of drug-likeness (QED) is 0.472. The minimum Gasteiger partial charge on any atom is -0.478 e. The summed E-state index contributed by atoms with van der Waals surface area (Å²) in [6, 6.07) is 31.2. The summed E-state index contributed by atoms with van der Waals surface area (Å²) in [5, 5.41) is 12.3. The zero-order valence-corrected chi connectivity index (χ0v) is 16.8. The van der Waals surface area contributed by atoms with Crippen LogP contribution in [0.3, 0.4) is 0 Å². The Balaban J connectivity index is 2.02. The number of rotatable bonds is 4. The third-order valence-corrected chi connectivity index (χ3v) is 8.51. The lowest BCUT2D eigenvalue weighted by Crippen LogP contribution is -2.28. The van der Waals surface area contributed by atoms with Crippen LogP contribution in [0.15, 0.2) is 102 Å². The number of carboxylic acids is 1. The van der Waals surface area contributed by atoms with Crippen LogP contribution in [0.2, 0.25) is 0 Å². The van der Waals surface area contributed by atoms with E-state index >= 15 is 0 Å². The molecule has 1 aliphatic rings. The number of hydrogen-bond donors (Lipinski definition) is 1. The number of carbonyl (C=O) groups is 1. The molecule has 1 saturated heterocycles. The molecule has 0 saturated carbocycles. The maximum absolute atomic E-state index is 12.2. The standard InChI is InChI=1S/C25H23O2P/c1-19(24(26)27)23-25(20-11-5-2-6-12-20,21-13-7-3-8-14-21)17-18-28(23)22-15-9-4-10-16-22/h2-16H,17-18H2,1H3,(H,26,27). The molecule has 0 radical (unpaired) electrons. The van der Waals surface area contributed by atoms with Crippen LogP contribution in [0.25, 0.3) is 0 Å². The van der Waals surface area contributed by atoms with E-state index in [0.717, 1.165) is 17.9 Å². The fourth-order valence-electron chi connectivity index (χ4n) is 4.40. The first-order chi connectivity index (χ1) is 13.6. The molecule has 3 heteroatoms. The number of carboxylic acid groups (broad SMARTS) is 1. The maximum atomic E-state index is 12.2. The molecule has 1 unspecified atom stereocenters. The molecule has 1 atom stereocenters. The Morgan fingerprint density at radius 3 is 1.75 bits per heavy atom. The first kappa shape index (κ1) is 18.7. The van der Waals surface area contributed by atoms with Gasteiger partial charge in [-0.15, -0.1) is 0 Å². The normalized spacial score (nSPS) is 20.0. The zero-order chi connectivity index (χ0) is 19.6. The number of allylic oxidation sites excluding steroid dienone is 1. The van der Waals surface area contributed by atoms with Crippen molar-refractivity contribution in [3.8, 4) is 0 Å². The Morgan fingerprint density at radius 1 is 0.821 bits per heavy atom. The molecule has 0 spiro atoms. The van der Waals surface area contributed by atoms with Gasteiger partial charge < -0.3 is 5.11 Å². The van der Waals surface area contributed by atoms with Crippen LogP contribution < -0.4 is 5.30 Å². The lowest BCUT2D eigenvalue weighted by molar-refractivity contribution is -0.132. The largest absolute Gasteiger partial charge is 0.478 e. The molecule has 1 aliphatic heterocycles. The average molecular weight is 386 g/mol. The number of benzene rings is 3. The zero-order valence-electron chi connectivity index (χ0n) is 15.9. The van der Waals surface area contributed by atoms with E-state index in [4.69, 9.17) is 0 Å². The molecule has 3 aromatic rings. The van der Waals surface area contributed by atoms with Crippen LogP contribution in [0.1, 0.15) is 24.5 Å². The Bertz CT molecular complexity index is 955. The van der Waals surface area contributed by atoms with Crippen LogP contribution in [-0.4, -0.2) is 17.2 Å². The fraction of sp³-hybridized carbons (Fsp3) is 0.160. The molecule has 1 fully saturated rings. The molecule has 4 rings (SSSR count). The summed E-state index contributed by atoms with van der Waals surface area (Å²) in [4.78, 5) is 12.2. The van der Waals surface area contributed by atoms with Crippen molar-refractivity contribution in [2.45, 2.75) is 18.8 Å². The summed E-state index contributed by atoms with van der Waals surface area (Å²) in [7, 11) is -0.712. The molecule has 1 N–H and O–H groups in total. The van der Waals surface area contributed by atoms with Gasteiger partial charge in [-0.05, 0) is 49.2 Å². The van der Waals surface area contributed by atoms with Crippen molar-refractivity contribution < 1.29 is 9.90 Å². The Kier molecular flexibility index (Phi) is 5.15. The van der Waals surface area contributed by atoms with Gasteiger partial charge in [0.25, 0.3) is 0 Å².